The molecule has 0 saturated heterocycles. The van der Waals surface area contributed by atoms with Crippen molar-refractivity contribution in [2.75, 3.05) is 20.3 Å². The normalized spacial score (nSPS) is 21.4. The SMILES string of the molecule is COc1cccc(CC(=O)NCCO[C@@H]2CCCC[C@@H]2C)c1. The highest BCUT2D eigenvalue weighted by Crippen LogP contribution is 2.25. The summed E-state index contributed by atoms with van der Waals surface area (Å²) in [4.78, 5) is 11.9. The van der Waals surface area contributed by atoms with Gasteiger partial charge in [0, 0.05) is 6.54 Å². The number of hydrogen-bond acceptors (Lipinski definition) is 3. The molecule has 4 heteroatoms. The topological polar surface area (TPSA) is 47.6 Å². The van der Waals surface area contributed by atoms with E-state index in [1.165, 1.54) is 19.3 Å². The van der Waals surface area contributed by atoms with Gasteiger partial charge in [0.15, 0.2) is 0 Å². The van der Waals surface area contributed by atoms with E-state index in [4.69, 9.17) is 9.47 Å². The Morgan fingerprint density at radius 2 is 2.14 bits per heavy atom. The van der Waals surface area contributed by atoms with Gasteiger partial charge in [-0.2, -0.15) is 0 Å². The van der Waals surface area contributed by atoms with Crippen molar-refractivity contribution in [1.29, 1.82) is 0 Å². The van der Waals surface area contributed by atoms with Crippen LogP contribution >= 0.6 is 0 Å². The molecule has 0 bridgehead atoms. The van der Waals surface area contributed by atoms with Crippen LogP contribution in [0.25, 0.3) is 0 Å². The molecule has 1 aliphatic carbocycles. The average molecular weight is 305 g/mol. The van der Waals surface area contributed by atoms with E-state index in [0.717, 1.165) is 17.7 Å². The molecule has 2 atom stereocenters. The third-order valence-electron chi connectivity index (χ3n) is 4.29. The fraction of sp³-hybridized carbons (Fsp3) is 0.611. The third kappa shape index (κ3) is 5.34. The van der Waals surface area contributed by atoms with E-state index < -0.39 is 0 Å². The van der Waals surface area contributed by atoms with E-state index in [9.17, 15) is 4.79 Å². The molecule has 122 valence electrons. The monoisotopic (exact) mass is 305 g/mol. The lowest BCUT2D eigenvalue weighted by Gasteiger charge is -2.28. The fourth-order valence-corrected chi connectivity index (χ4v) is 2.96. The molecule has 22 heavy (non-hydrogen) atoms. The van der Waals surface area contributed by atoms with E-state index >= 15 is 0 Å². The van der Waals surface area contributed by atoms with Gasteiger partial charge in [0.05, 0.1) is 26.2 Å². The van der Waals surface area contributed by atoms with Gasteiger partial charge in [-0.25, -0.2) is 0 Å². The molecule has 0 unspecified atom stereocenters. The molecule has 0 heterocycles. The van der Waals surface area contributed by atoms with Crippen molar-refractivity contribution in [1.82, 2.24) is 5.32 Å². The predicted molar refractivity (Wildman–Crippen MR) is 87.1 cm³/mol. The van der Waals surface area contributed by atoms with Crippen LogP contribution in [0, 0.1) is 5.92 Å². The zero-order valence-electron chi connectivity index (χ0n) is 13.6. The number of ether oxygens (including phenoxy) is 2. The molecule has 0 radical (unpaired) electrons. The van der Waals surface area contributed by atoms with Gasteiger partial charge >= 0.3 is 0 Å². The Kier molecular flexibility index (Phi) is 6.72. The van der Waals surface area contributed by atoms with Gasteiger partial charge in [-0.05, 0) is 36.5 Å². The second kappa shape index (κ2) is 8.79. The summed E-state index contributed by atoms with van der Waals surface area (Å²) >= 11 is 0. The van der Waals surface area contributed by atoms with E-state index in [1.54, 1.807) is 7.11 Å². The van der Waals surface area contributed by atoms with Crippen LogP contribution in [0.2, 0.25) is 0 Å². The number of hydrogen-bond donors (Lipinski definition) is 1. The zero-order valence-corrected chi connectivity index (χ0v) is 13.6. The van der Waals surface area contributed by atoms with Crippen molar-refractivity contribution in [2.24, 2.45) is 5.92 Å². The van der Waals surface area contributed by atoms with Crippen molar-refractivity contribution in [3.05, 3.63) is 29.8 Å². The molecule has 1 aromatic carbocycles. The van der Waals surface area contributed by atoms with E-state index in [-0.39, 0.29) is 5.91 Å². The first-order valence-corrected chi connectivity index (χ1v) is 8.20. The maximum Gasteiger partial charge on any atom is 0.224 e. The molecular formula is C18H27NO3. The standard InChI is InChI=1S/C18H27NO3/c1-14-6-3-4-9-17(14)22-11-10-19-18(20)13-15-7-5-8-16(12-15)21-2/h5,7-8,12,14,17H,3-4,6,9-11,13H2,1-2H3,(H,19,20)/t14-,17+/m0/s1. The number of carbonyl (C=O) groups is 1. The average Bonchev–Trinajstić information content (AvgIpc) is 2.53. The molecule has 4 nitrogen and oxygen atoms in total. The van der Waals surface area contributed by atoms with Crippen LogP contribution in [0.15, 0.2) is 24.3 Å². The summed E-state index contributed by atoms with van der Waals surface area (Å²) in [7, 11) is 1.63. The van der Waals surface area contributed by atoms with Gasteiger partial charge in [0.25, 0.3) is 0 Å². The molecule has 1 amide bonds. The van der Waals surface area contributed by atoms with Crippen LogP contribution < -0.4 is 10.1 Å². The third-order valence-corrected chi connectivity index (χ3v) is 4.29. The van der Waals surface area contributed by atoms with Crippen molar-refractivity contribution in [3.63, 3.8) is 0 Å². The maximum absolute atomic E-state index is 11.9. The van der Waals surface area contributed by atoms with Gasteiger partial charge in [0.2, 0.25) is 5.91 Å². The molecular weight excluding hydrogens is 278 g/mol. The number of carbonyl (C=O) groups excluding carboxylic acids is 1. The Hall–Kier alpha value is -1.55. The lowest BCUT2D eigenvalue weighted by Crippen LogP contribution is -2.32. The highest BCUT2D eigenvalue weighted by Gasteiger charge is 2.21. The predicted octanol–water partition coefficient (Wildman–Crippen LogP) is 2.95. The summed E-state index contributed by atoms with van der Waals surface area (Å²) in [6.45, 7) is 3.43. The molecule has 0 aromatic heterocycles. The second-order valence-electron chi connectivity index (χ2n) is 6.05. The minimum absolute atomic E-state index is 0.0218. The van der Waals surface area contributed by atoms with Gasteiger partial charge in [-0.15, -0.1) is 0 Å². The van der Waals surface area contributed by atoms with Crippen LogP contribution in [0.4, 0.5) is 0 Å². The molecule has 2 rings (SSSR count). The Morgan fingerprint density at radius 3 is 2.91 bits per heavy atom. The lowest BCUT2D eigenvalue weighted by molar-refractivity contribution is -0.120. The summed E-state index contributed by atoms with van der Waals surface area (Å²) in [5, 5.41) is 2.92. The quantitative estimate of drug-likeness (QED) is 0.788. The van der Waals surface area contributed by atoms with Crippen LogP contribution in [0.5, 0.6) is 5.75 Å². The molecule has 1 saturated carbocycles. The molecule has 0 spiro atoms. The molecule has 1 aromatic rings. The highest BCUT2D eigenvalue weighted by atomic mass is 16.5. The molecule has 1 N–H and O–H groups in total. The summed E-state index contributed by atoms with van der Waals surface area (Å²) in [5.74, 6) is 1.44. The first-order valence-electron chi connectivity index (χ1n) is 8.20. The number of rotatable bonds is 7. The first kappa shape index (κ1) is 16.8. The van der Waals surface area contributed by atoms with Gasteiger partial charge in [0.1, 0.15) is 5.75 Å². The highest BCUT2D eigenvalue weighted by molar-refractivity contribution is 5.78. The first-order chi connectivity index (χ1) is 10.7. The summed E-state index contributed by atoms with van der Waals surface area (Å²) in [6.07, 6.45) is 5.72. The van der Waals surface area contributed by atoms with Crippen LogP contribution in [-0.4, -0.2) is 32.3 Å². The van der Waals surface area contributed by atoms with E-state index in [0.29, 0.717) is 31.6 Å². The Morgan fingerprint density at radius 1 is 1.32 bits per heavy atom. The Labute approximate surface area is 133 Å². The summed E-state index contributed by atoms with van der Waals surface area (Å²) in [5.41, 5.74) is 0.957. The lowest BCUT2D eigenvalue weighted by atomic mass is 9.88. The maximum atomic E-state index is 11.9. The minimum atomic E-state index is 0.0218. The second-order valence-corrected chi connectivity index (χ2v) is 6.05. The van der Waals surface area contributed by atoms with Crippen molar-refractivity contribution < 1.29 is 14.3 Å². The number of amides is 1. The van der Waals surface area contributed by atoms with Gasteiger partial charge < -0.3 is 14.8 Å². The van der Waals surface area contributed by atoms with Crippen LogP contribution in [0.1, 0.15) is 38.2 Å². The largest absolute Gasteiger partial charge is 0.497 e. The Balaban J connectivity index is 1.65. The minimum Gasteiger partial charge on any atom is -0.497 e. The number of benzene rings is 1. The van der Waals surface area contributed by atoms with Gasteiger partial charge in [-0.1, -0.05) is 31.9 Å². The molecule has 0 aliphatic heterocycles. The fourth-order valence-electron chi connectivity index (χ4n) is 2.96. The number of methoxy groups -OCH3 is 1. The van der Waals surface area contributed by atoms with Crippen molar-refractivity contribution in [3.8, 4) is 5.75 Å². The Bertz CT molecular complexity index is 475. The number of nitrogens with one attached hydrogen (secondary N) is 1. The smallest absolute Gasteiger partial charge is 0.224 e. The zero-order chi connectivity index (χ0) is 15.8. The summed E-state index contributed by atoms with van der Waals surface area (Å²) in [6, 6.07) is 7.59. The van der Waals surface area contributed by atoms with Crippen LogP contribution in [0.3, 0.4) is 0 Å². The van der Waals surface area contributed by atoms with Crippen molar-refractivity contribution in [2.45, 2.75) is 45.1 Å². The van der Waals surface area contributed by atoms with E-state index in [2.05, 4.69) is 12.2 Å². The van der Waals surface area contributed by atoms with E-state index in [1.807, 2.05) is 24.3 Å². The van der Waals surface area contributed by atoms with Crippen LogP contribution in [-0.2, 0) is 16.0 Å². The molecule has 1 aliphatic rings. The summed E-state index contributed by atoms with van der Waals surface area (Å²) < 4.78 is 11.1. The van der Waals surface area contributed by atoms with Gasteiger partial charge in [-0.3, -0.25) is 4.79 Å². The molecule has 1 fully saturated rings. The van der Waals surface area contributed by atoms with Crippen molar-refractivity contribution >= 4 is 5.91 Å².